The number of thiophene rings is 1. The molecule has 0 aliphatic rings. The lowest BCUT2D eigenvalue weighted by atomic mass is 10.2. The van der Waals surface area contributed by atoms with Crippen LogP contribution in [0.5, 0.6) is 0 Å². The molecule has 1 aromatic carbocycles. The maximum absolute atomic E-state index is 11.9. The van der Waals surface area contributed by atoms with E-state index in [-0.39, 0.29) is 5.91 Å². The van der Waals surface area contributed by atoms with Gasteiger partial charge in [0, 0.05) is 35.3 Å². The molecule has 1 aromatic heterocycles. The van der Waals surface area contributed by atoms with E-state index in [4.69, 9.17) is 5.73 Å². The van der Waals surface area contributed by atoms with E-state index in [2.05, 4.69) is 34.7 Å². The number of nitrogens with zero attached hydrogens (tertiary/aromatic N) is 1. The summed E-state index contributed by atoms with van der Waals surface area (Å²) < 4.78 is 0. The molecule has 0 saturated carbocycles. The van der Waals surface area contributed by atoms with Crippen LogP contribution in [0.2, 0.25) is 0 Å². The van der Waals surface area contributed by atoms with Crippen molar-refractivity contribution in [3.63, 3.8) is 0 Å². The highest BCUT2D eigenvalue weighted by Gasteiger charge is 2.13. The molecule has 1 heterocycles. The van der Waals surface area contributed by atoms with Gasteiger partial charge in [0.2, 0.25) is 5.91 Å². The van der Waals surface area contributed by atoms with Crippen molar-refractivity contribution in [1.29, 1.82) is 0 Å². The van der Waals surface area contributed by atoms with E-state index < -0.39 is 0 Å². The van der Waals surface area contributed by atoms with Crippen LogP contribution in [0.4, 0.5) is 11.4 Å². The topological polar surface area (TPSA) is 58.4 Å². The second-order valence-corrected chi connectivity index (χ2v) is 6.07. The number of nitrogen functional groups attached to an aromatic ring is 1. The van der Waals surface area contributed by atoms with Gasteiger partial charge in [-0.3, -0.25) is 9.69 Å². The number of benzene rings is 1. The third kappa shape index (κ3) is 4.58. The molecule has 0 fully saturated rings. The third-order valence-electron chi connectivity index (χ3n) is 3.50. The maximum Gasteiger partial charge on any atom is 0.225 e. The summed E-state index contributed by atoms with van der Waals surface area (Å²) in [6, 6.07) is 11.7. The predicted octanol–water partition coefficient (Wildman–Crippen LogP) is 3.35. The summed E-state index contributed by atoms with van der Waals surface area (Å²) in [4.78, 5) is 15.4. The fraction of sp³-hybridized carbons (Fsp3) is 0.312. The molecule has 3 N–H and O–H groups in total. The number of amides is 1. The van der Waals surface area contributed by atoms with Gasteiger partial charge >= 0.3 is 0 Å². The molecular weight excluding hydrogens is 282 g/mol. The van der Waals surface area contributed by atoms with E-state index in [1.165, 1.54) is 4.88 Å². The first kappa shape index (κ1) is 15.5. The number of hydrogen-bond acceptors (Lipinski definition) is 4. The standard InChI is InChI=1S/C16H21N3OS/c1-12(15-4-3-11-21-15)19(2)10-9-16(20)18-14-7-5-13(17)6-8-14/h3-8,11-12H,9-10,17H2,1-2H3,(H,18,20). The second kappa shape index (κ2) is 7.24. The summed E-state index contributed by atoms with van der Waals surface area (Å²) in [5, 5.41) is 4.96. The van der Waals surface area contributed by atoms with Crippen molar-refractivity contribution in [2.45, 2.75) is 19.4 Å². The van der Waals surface area contributed by atoms with Crippen molar-refractivity contribution < 1.29 is 4.79 Å². The lowest BCUT2D eigenvalue weighted by molar-refractivity contribution is -0.116. The van der Waals surface area contributed by atoms with Gasteiger partial charge in [0.1, 0.15) is 0 Å². The Morgan fingerprint density at radius 1 is 1.33 bits per heavy atom. The van der Waals surface area contributed by atoms with E-state index in [0.29, 0.717) is 18.2 Å². The average molecular weight is 303 g/mol. The smallest absolute Gasteiger partial charge is 0.225 e. The van der Waals surface area contributed by atoms with Gasteiger partial charge in [0.25, 0.3) is 0 Å². The van der Waals surface area contributed by atoms with E-state index in [1.54, 1.807) is 23.5 Å². The molecule has 2 aromatic rings. The van der Waals surface area contributed by atoms with Crippen LogP contribution in [0.15, 0.2) is 41.8 Å². The molecule has 112 valence electrons. The monoisotopic (exact) mass is 303 g/mol. The van der Waals surface area contributed by atoms with Gasteiger partial charge in [0.05, 0.1) is 0 Å². The van der Waals surface area contributed by atoms with Crippen LogP contribution in [0.1, 0.15) is 24.3 Å². The van der Waals surface area contributed by atoms with Gasteiger partial charge in [-0.2, -0.15) is 0 Å². The average Bonchev–Trinajstić information content (AvgIpc) is 3.00. The highest BCUT2D eigenvalue weighted by Crippen LogP contribution is 2.23. The molecule has 0 bridgehead atoms. The van der Waals surface area contributed by atoms with E-state index in [0.717, 1.165) is 12.2 Å². The number of anilines is 2. The van der Waals surface area contributed by atoms with Gasteiger partial charge in [-0.1, -0.05) is 6.07 Å². The molecule has 4 nitrogen and oxygen atoms in total. The number of nitrogens with two attached hydrogens (primary N) is 1. The van der Waals surface area contributed by atoms with Crippen LogP contribution in [-0.2, 0) is 4.79 Å². The number of carbonyl (C=O) groups is 1. The molecule has 0 radical (unpaired) electrons. The summed E-state index contributed by atoms with van der Waals surface area (Å²) in [5.74, 6) is 0.0185. The summed E-state index contributed by atoms with van der Waals surface area (Å²) in [5.41, 5.74) is 7.09. The van der Waals surface area contributed by atoms with E-state index >= 15 is 0 Å². The molecule has 0 aliphatic carbocycles. The van der Waals surface area contributed by atoms with Crippen LogP contribution in [0.3, 0.4) is 0 Å². The van der Waals surface area contributed by atoms with Gasteiger partial charge in [0.15, 0.2) is 0 Å². The zero-order chi connectivity index (χ0) is 15.2. The molecular formula is C16H21N3OS. The van der Waals surface area contributed by atoms with E-state index in [9.17, 15) is 4.79 Å². The first-order valence-corrected chi connectivity index (χ1v) is 7.83. The predicted molar refractivity (Wildman–Crippen MR) is 89.5 cm³/mol. The minimum Gasteiger partial charge on any atom is -0.399 e. The molecule has 0 aliphatic heterocycles. The highest BCUT2D eigenvalue weighted by molar-refractivity contribution is 7.10. The number of carbonyl (C=O) groups excluding carboxylic acids is 1. The van der Waals surface area contributed by atoms with Crippen molar-refractivity contribution in [2.75, 3.05) is 24.6 Å². The number of rotatable bonds is 6. The second-order valence-electron chi connectivity index (χ2n) is 5.09. The Morgan fingerprint density at radius 2 is 2.05 bits per heavy atom. The largest absolute Gasteiger partial charge is 0.399 e. The van der Waals surface area contributed by atoms with Crippen LogP contribution in [0.25, 0.3) is 0 Å². The van der Waals surface area contributed by atoms with Gasteiger partial charge < -0.3 is 11.1 Å². The normalized spacial score (nSPS) is 12.3. The van der Waals surface area contributed by atoms with Crippen molar-refractivity contribution >= 4 is 28.6 Å². The van der Waals surface area contributed by atoms with Crippen LogP contribution < -0.4 is 11.1 Å². The Bertz CT molecular complexity index is 566. The molecule has 1 atom stereocenters. The number of nitrogens with one attached hydrogen (secondary N) is 1. The zero-order valence-corrected chi connectivity index (χ0v) is 13.2. The SMILES string of the molecule is CC(c1cccs1)N(C)CCC(=O)Nc1ccc(N)cc1. The van der Waals surface area contributed by atoms with Crippen molar-refractivity contribution in [2.24, 2.45) is 0 Å². The minimum absolute atomic E-state index is 0.0185. The quantitative estimate of drug-likeness (QED) is 0.805. The third-order valence-corrected chi connectivity index (χ3v) is 4.54. The van der Waals surface area contributed by atoms with Crippen molar-refractivity contribution in [3.05, 3.63) is 46.7 Å². The Morgan fingerprint density at radius 3 is 2.67 bits per heavy atom. The van der Waals surface area contributed by atoms with Crippen LogP contribution in [-0.4, -0.2) is 24.4 Å². The first-order chi connectivity index (χ1) is 10.1. The number of hydrogen-bond donors (Lipinski definition) is 2. The minimum atomic E-state index is 0.0185. The van der Waals surface area contributed by atoms with Crippen LogP contribution in [0, 0.1) is 0 Å². The molecule has 1 amide bonds. The Labute approximate surface area is 129 Å². The Hall–Kier alpha value is -1.85. The summed E-state index contributed by atoms with van der Waals surface area (Å²) >= 11 is 1.74. The van der Waals surface area contributed by atoms with Crippen LogP contribution >= 0.6 is 11.3 Å². The van der Waals surface area contributed by atoms with Crippen molar-refractivity contribution in [3.8, 4) is 0 Å². The summed E-state index contributed by atoms with van der Waals surface area (Å²) in [7, 11) is 2.04. The van der Waals surface area contributed by atoms with Crippen molar-refractivity contribution in [1.82, 2.24) is 4.90 Å². The van der Waals surface area contributed by atoms with Gasteiger partial charge in [-0.15, -0.1) is 11.3 Å². The lowest BCUT2D eigenvalue weighted by Crippen LogP contribution is -2.26. The molecule has 0 spiro atoms. The maximum atomic E-state index is 11.9. The Kier molecular flexibility index (Phi) is 5.36. The summed E-state index contributed by atoms with van der Waals surface area (Å²) in [6.45, 7) is 2.88. The molecule has 0 saturated heterocycles. The zero-order valence-electron chi connectivity index (χ0n) is 12.4. The molecule has 2 rings (SSSR count). The lowest BCUT2D eigenvalue weighted by Gasteiger charge is -2.23. The summed E-state index contributed by atoms with van der Waals surface area (Å²) in [6.07, 6.45) is 0.469. The van der Waals surface area contributed by atoms with Gasteiger partial charge in [-0.25, -0.2) is 0 Å². The fourth-order valence-electron chi connectivity index (χ4n) is 2.01. The Balaban J connectivity index is 1.79. The first-order valence-electron chi connectivity index (χ1n) is 6.95. The fourth-order valence-corrected chi connectivity index (χ4v) is 2.86. The molecule has 21 heavy (non-hydrogen) atoms. The molecule has 1 unspecified atom stereocenters. The van der Waals surface area contributed by atoms with Gasteiger partial charge in [-0.05, 0) is 49.7 Å². The highest BCUT2D eigenvalue weighted by atomic mass is 32.1. The van der Waals surface area contributed by atoms with E-state index in [1.807, 2.05) is 19.2 Å². The molecule has 5 heteroatoms.